The van der Waals surface area contributed by atoms with Crippen LogP contribution in [0.1, 0.15) is 24.0 Å². The predicted molar refractivity (Wildman–Crippen MR) is 64.1 cm³/mol. The zero-order valence-electron chi connectivity index (χ0n) is 10.3. The summed E-state index contributed by atoms with van der Waals surface area (Å²) in [7, 11) is 1.39. The fourth-order valence-electron chi connectivity index (χ4n) is 1.51. The van der Waals surface area contributed by atoms with Gasteiger partial charge in [0.1, 0.15) is 5.82 Å². The molecule has 0 fully saturated rings. The van der Waals surface area contributed by atoms with Crippen LogP contribution in [0.4, 0.5) is 4.39 Å². The van der Waals surface area contributed by atoms with E-state index in [1.807, 2.05) is 6.07 Å². The minimum atomic E-state index is -0.190. The lowest BCUT2D eigenvalue weighted by Gasteiger charge is -2.06. The first kappa shape index (κ1) is 13.6. The monoisotopic (exact) mass is 239 g/mol. The molecule has 4 heteroatoms. The SMILES string of the molecule is COC(=O)CCCNCc1ccc(F)c(C)c1. The minimum Gasteiger partial charge on any atom is -0.469 e. The van der Waals surface area contributed by atoms with E-state index in [2.05, 4.69) is 10.1 Å². The van der Waals surface area contributed by atoms with E-state index in [1.54, 1.807) is 13.0 Å². The summed E-state index contributed by atoms with van der Waals surface area (Å²) in [5, 5.41) is 3.20. The molecular weight excluding hydrogens is 221 g/mol. The highest BCUT2D eigenvalue weighted by Crippen LogP contribution is 2.08. The Morgan fingerprint density at radius 1 is 1.47 bits per heavy atom. The van der Waals surface area contributed by atoms with Crippen molar-refractivity contribution in [2.24, 2.45) is 0 Å². The van der Waals surface area contributed by atoms with Crippen molar-refractivity contribution in [3.63, 3.8) is 0 Å². The molecule has 1 rings (SSSR count). The lowest BCUT2D eigenvalue weighted by molar-refractivity contribution is -0.140. The third kappa shape index (κ3) is 4.95. The van der Waals surface area contributed by atoms with Crippen LogP contribution >= 0.6 is 0 Å². The standard InChI is InChI=1S/C13H18FNO2/c1-10-8-11(5-6-12(10)14)9-15-7-3-4-13(16)17-2/h5-6,8,15H,3-4,7,9H2,1-2H3. The summed E-state index contributed by atoms with van der Waals surface area (Å²) < 4.78 is 17.5. The van der Waals surface area contributed by atoms with Crippen molar-refractivity contribution in [3.8, 4) is 0 Å². The van der Waals surface area contributed by atoms with E-state index in [9.17, 15) is 9.18 Å². The first-order chi connectivity index (χ1) is 8.13. The average Bonchev–Trinajstić information content (AvgIpc) is 2.33. The van der Waals surface area contributed by atoms with Gasteiger partial charge in [0.15, 0.2) is 0 Å². The van der Waals surface area contributed by atoms with Crippen LogP contribution in [0.25, 0.3) is 0 Å². The van der Waals surface area contributed by atoms with Crippen LogP contribution in [0.15, 0.2) is 18.2 Å². The fraction of sp³-hybridized carbons (Fsp3) is 0.462. The van der Waals surface area contributed by atoms with Gasteiger partial charge in [-0.2, -0.15) is 0 Å². The molecule has 0 bridgehead atoms. The molecule has 17 heavy (non-hydrogen) atoms. The van der Waals surface area contributed by atoms with Gasteiger partial charge in [-0.1, -0.05) is 12.1 Å². The van der Waals surface area contributed by atoms with Crippen LogP contribution in [0.3, 0.4) is 0 Å². The summed E-state index contributed by atoms with van der Waals surface area (Å²) in [4.78, 5) is 10.8. The number of aryl methyl sites for hydroxylation is 1. The molecule has 0 atom stereocenters. The quantitative estimate of drug-likeness (QED) is 0.611. The van der Waals surface area contributed by atoms with E-state index >= 15 is 0 Å². The second kappa shape index (κ2) is 7.01. The summed E-state index contributed by atoms with van der Waals surface area (Å²) in [6.45, 7) is 3.17. The number of ether oxygens (including phenoxy) is 1. The van der Waals surface area contributed by atoms with Crippen molar-refractivity contribution < 1.29 is 13.9 Å². The molecule has 94 valence electrons. The minimum absolute atomic E-state index is 0.181. The lowest BCUT2D eigenvalue weighted by atomic mass is 10.1. The van der Waals surface area contributed by atoms with Gasteiger partial charge in [0.05, 0.1) is 7.11 Å². The Bertz CT molecular complexity index is 380. The van der Waals surface area contributed by atoms with Gasteiger partial charge in [0, 0.05) is 13.0 Å². The van der Waals surface area contributed by atoms with Gasteiger partial charge < -0.3 is 10.1 Å². The zero-order chi connectivity index (χ0) is 12.7. The van der Waals surface area contributed by atoms with Gasteiger partial charge in [-0.25, -0.2) is 4.39 Å². The molecule has 1 N–H and O–H groups in total. The first-order valence-electron chi connectivity index (χ1n) is 5.66. The maximum Gasteiger partial charge on any atom is 0.305 e. The van der Waals surface area contributed by atoms with Crippen LogP contribution in [0.5, 0.6) is 0 Å². The normalized spacial score (nSPS) is 10.3. The lowest BCUT2D eigenvalue weighted by Crippen LogP contribution is -2.16. The van der Waals surface area contributed by atoms with Crippen molar-refractivity contribution in [2.45, 2.75) is 26.3 Å². The summed E-state index contributed by atoms with van der Waals surface area (Å²) >= 11 is 0. The Morgan fingerprint density at radius 3 is 2.88 bits per heavy atom. The highest BCUT2D eigenvalue weighted by molar-refractivity contribution is 5.69. The summed E-state index contributed by atoms with van der Waals surface area (Å²) in [5.74, 6) is -0.371. The average molecular weight is 239 g/mol. The number of hydrogen-bond acceptors (Lipinski definition) is 3. The molecule has 1 aromatic rings. The van der Waals surface area contributed by atoms with Crippen LogP contribution in [-0.4, -0.2) is 19.6 Å². The van der Waals surface area contributed by atoms with Gasteiger partial charge in [0.2, 0.25) is 0 Å². The molecule has 0 aliphatic rings. The number of carbonyl (C=O) groups excluding carboxylic acids is 1. The molecule has 3 nitrogen and oxygen atoms in total. The number of carbonyl (C=O) groups is 1. The smallest absolute Gasteiger partial charge is 0.305 e. The Kier molecular flexibility index (Phi) is 5.63. The van der Waals surface area contributed by atoms with Crippen LogP contribution in [-0.2, 0) is 16.1 Å². The number of hydrogen-bond donors (Lipinski definition) is 1. The first-order valence-corrected chi connectivity index (χ1v) is 5.66. The molecule has 0 aromatic heterocycles. The molecule has 0 aliphatic heterocycles. The third-order valence-corrected chi connectivity index (χ3v) is 2.51. The van der Waals surface area contributed by atoms with Crippen molar-refractivity contribution in [3.05, 3.63) is 35.1 Å². The Morgan fingerprint density at radius 2 is 2.24 bits per heavy atom. The summed E-state index contributed by atoms with van der Waals surface area (Å²) in [6.07, 6.45) is 1.17. The molecular formula is C13H18FNO2. The van der Waals surface area contributed by atoms with Gasteiger partial charge in [-0.05, 0) is 37.1 Å². The Balaban J connectivity index is 2.22. The van der Waals surface area contributed by atoms with Crippen LogP contribution in [0.2, 0.25) is 0 Å². The third-order valence-electron chi connectivity index (χ3n) is 2.51. The number of rotatable bonds is 6. The highest BCUT2D eigenvalue weighted by atomic mass is 19.1. The van der Waals surface area contributed by atoms with Crippen LogP contribution < -0.4 is 5.32 Å². The van der Waals surface area contributed by atoms with E-state index in [0.29, 0.717) is 18.5 Å². The van der Waals surface area contributed by atoms with E-state index < -0.39 is 0 Å². The maximum atomic E-state index is 13.0. The number of benzene rings is 1. The molecule has 0 heterocycles. The molecule has 0 spiro atoms. The summed E-state index contributed by atoms with van der Waals surface area (Å²) in [6, 6.07) is 5.05. The van der Waals surface area contributed by atoms with Crippen molar-refractivity contribution >= 4 is 5.97 Å². The van der Waals surface area contributed by atoms with Crippen LogP contribution in [0, 0.1) is 12.7 Å². The van der Waals surface area contributed by atoms with E-state index in [-0.39, 0.29) is 11.8 Å². The topological polar surface area (TPSA) is 38.3 Å². The van der Waals surface area contributed by atoms with Crippen molar-refractivity contribution in [1.29, 1.82) is 0 Å². The number of nitrogens with one attached hydrogen (secondary N) is 1. The zero-order valence-corrected chi connectivity index (χ0v) is 10.3. The van der Waals surface area contributed by atoms with Crippen molar-refractivity contribution in [1.82, 2.24) is 5.32 Å². The maximum absolute atomic E-state index is 13.0. The van der Waals surface area contributed by atoms with E-state index in [1.165, 1.54) is 13.2 Å². The largest absolute Gasteiger partial charge is 0.469 e. The fourth-order valence-corrected chi connectivity index (χ4v) is 1.51. The summed E-state index contributed by atoms with van der Waals surface area (Å²) in [5.41, 5.74) is 1.70. The second-order valence-electron chi connectivity index (χ2n) is 3.94. The predicted octanol–water partition coefficient (Wildman–Crippen LogP) is 2.18. The number of halogens is 1. The molecule has 0 aliphatic carbocycles. The number of esters is 1. The Labute approximate surface area is 101 Å². The van der Waals surface area contributed by atoms with Gasteiger partial charge in [-0.15, -0.1) is 0 Å². The molecule has 1 aromatic carbocycles. The van der Waals surface area contributed by atoms with Crippen molar-refractivity contribution in [2.75, 3.05) is 13.7 Å². The highest BCUT2D eigenvalue weighted by Gasteiger charge is 2.00. The van der Waals surface area contributed by atoms with E-state index in [0.717, 1.165) is 18.5 Å². The van der Waals surface area contributed by atoms with Gasteiger partial charge >= 0.3 is 5.97 Å². The molecule has 0 saturated heterocycles. The molecule has 0 radical (unpaired) electrons. The van der Waals surface area contributed by atoms with E-state index in [4.69, 9.17) is 0 Å². The van der Waals surface area contributed by atoms with Gasteiger partial charge in [0.25, 0.3) is 0 Å². The Hall–Kier alpha value is -1.42. The van der Waals surface area contributed by atoms with Gasteiger partial charge in [-0.3, -0.25) is 4.79 Å². The molecule has 0 amide bonds. The number of methoxy groups -OCH3 is 1. The molecule has 0 unspecified atom stereocenters. The second-order valence-corrected chi connectivity index (χ2v) is 3.94. The molecule has 0 saturated carbocycles.